The molecule has 0 bridgehead atoms. The lowest BCUT2D eigenvalue weighted by molar-refractivity contribution is -0.141. The summed E-state index contributed by atoms with van der Waals surface area (Å²) in [6, 6.07) is 7.34. The summed E-state index contributed by atoms with van der Waals surface area (Å²) >= 11 is 0. The van der Waals surface area contributed by atoms with Crippen LogP contribution in [0.25, 0.3) is 0 Å². The Morgan fingerprint density at radius 1 is 1.32 bits per heavy atom. The topological polar surface area (TPSA) is 55.4 Å². The Morgan fingerprint density at radius 2 is 1.95 bits per heavy atom. The van der Waals surface area contributed by atoms with Crippen molar-refractivity contribution in [2.24, 2.45) is 0 Å². The first-order chi connectivity index (χ1) is 9.06. The smallest absolute Gasteiger partial charge is 0.306 e. The van der Waals surface area contributed by atoms with Gasteiger partial charge in [0.05, 0.1) is 13.5 Å². The van der Waals surface area contributed by atoms with Gasteiger partial charge in [-0.1, -0.05) is 25.0 Å². The summed E-state index contributed by atoms with van der Waals surface area (Å²) in [6.07, 6.45) is 0.337. The molecular weight excluding hydrogens is 242 g/mol. The van der Waals surface area contributed by atoms with E-state index >= 15 is 0 Å². The van der Waals surface area contributed by atoms with Crippen molar-refractivity contribution in [1.29, 1.82) is 0 Å². The molecule has 100 valence electrons. The van der Waals surface area contributed by atoms with Crippen LogP contribution in [0.3, 0.4) is 0 Å². The lowest BCUT2D eigenvalue weighted by Crippen LogP contribution is -2.09. The lowest BCUT2D eigenvalue weighted by Gasteiger charge is -2.11. The molecule has 1 atom stereocenters. The molecule has 4 nitrogen and oxygen atoms in total. The molecule has 4 heteroatoms. The molecule has 1 aromatic rings. The maximum Gasteiger partial charge on any atom is 0.306 e. The third-order valence-corrected chi connectivity index (χ3v) is 2.68. The quantitative estimate of drug-likeness (QED) is 0.667. The summed E-state index contributed by atoms with van der Waals surface area (Å²) in [6.45, 7) is 3.56. The van der Waals surface area contributed by atoms with Crippen LogP contribution < -0.4 is 5.32 Å². The highest BCUT2D eigenvalue weighted by molar-refractivity contribution is 6.03. The number of benzene rings is 1. The van der Waals surface area contributed by atoms with Crippen LogP contribution in [0, 0.1) is 11.8 Å². The van der Waals surface area contributed by atoms with E-state index in [9.17, 15) is 9.59 Å². The third-order valence-electron chi connectivity index (χ3n) is 2.68. The van der Waals surface area contributed by atoms with Crippen molar-refractivity contribution in [3.8, 4) is 11.8 Å². The van der Waals surface area contributed by atoms with Gasteiger partial charge >= 0.3 is 5.97 Å². The normalized spacial score (nSPS) is 10.9. The molecule has 0 spiro atoms. The first kappa shape index (κ1) is 14.8. The van der Waals surface area contributed by atoms with Gasteiger partial charge in [0.1, 0.15) is 0 Å². The number of rotatable bonds is 4. The van der Waals surface area contributed by atoms with Gasteiger partial charge in [-0.2, -0.15) is 0 Å². The molecule has 0 aliphatic rings. The molecular formula is C15H17NO3. The number of hydrogen-bond acceptors (Lipinski definition) is 3. The summed E-state index contributed by atoms with van der Waals surface area (Å²) in [5.74, 6) is 4.44. The first-order valence-corrected chi connectivity index (χ1v) is 5.97. The summed E-state index contributed by atoms with van der Waals surface area (Å²) in [5, 5.41) is 2.66. The zero-order chi connectivity index (χ0) is 14.3. The van der Waals surface area contributed by atoms with E-state index in [4.69, 9.17) is 0 Å². The van der Waals surface area contributed by atoms with Gasteiger partial charge < -0.3 is 10.1 Å². The number of carbonyl (C=O) groups is 2. The number of ether oxygens (including phenoxy) is 1. The van der Waals surface area contributed by atoms with Gasteiger partial charge in [0.2, 0.25) is 0 Å². The Bertz CT molecular complexity index is 508. The number of carbonyl (C=O) groups excluding carboxylic acids is 2. The number of anilines is 1. The summed E-state index contributed by atoms with van der Waals surface area (Å²) in [4.78, 5) is 22.5. The van der Waals surface area contributed by atoms with Crippen LogP contribution in [-0.4, -0.2) is 19.0 Å². The van der Waals surface area contributed by atoms with Crippen LogP contribution >= 0.6 is 0 Å². The van der Waals surface area contributed by atoms with Gasteiger partial charge in [-0.25, -0.2) is 0 Å². The molecule has 19 heavy (non-hydrogen) atoms. The van der Waals surface area contributed by atoms with E-state index in [0.29, 0.717) is 12.1 Å². The first-order valence-electron chi connectivity index (χ1n) is 5.97. The average Bonchev–Trinajstić information content (AvgIpc) is 2.39. The van der Waals surface area contributed by atoms with Crippen molar-refractivity contribution in [2.45, 2.75) is 26.2 Å². The molecule has 1 aromatic carbocycles. The molecule has 1 amide bonds. The van der Waals surface area contributed by atoms with Crippen LogP contribution in [0.1, 0.15) is 31.7 Å². The number of esters is 1. The number of amides is 1. The zero-order valence-corrected chi connectivity index (χ0v) is 11.3. The highest BCUT2D eigenvalue weighted by atomic mass is 16.5. The molecule has 1 unspecified atom stereocenters. The second-order valence-electron chi connectivity index (χ2n) is 4.13. The van der Waals surface area contributed by atoms with E-state index in [1.54, 1.807) is 19.1 Å². The number of methoxy groups -OCH3 is 1. The van der Waals surface area contributed by atoms with Gasteiger partial charge in [0.15, 0.2) is 0 Å². The maximum atomic E-state index is 11.3. The van der Waals surface area contributed by atoms with Crippen molar-refractivity contribution in [3.63, 3.8) is 0 Å². The molecule has 0 aliphatic heterocycles. The summed E-state index contributed by atoms with van der Waals surface area (Å²) in [7, 11) is 1.38. The highest BCUT2D eigenvalue weighted by Gasteiger charge is 2.11. The predicted molar refractivity (Wildman–Crippen MR) is 73.6 cm³/mol. The third kappa shape index (κ3) is 4.84. The molecule has 0 aliphatic carbocycles. The van der Waals surface area contributed by atoms with Gasteiger partial charge in [-0.05, 0) is 36.5 Å². The van der Waals surface area contributed by atoms with Crippen molar-refractivity contribution in [2.75, 3.05) is 12.4 Å². The fourth-order valence-electron chi connectivity index (χ4n) is 1.62. The van der Waals surface area contributed by atoms with Crippen molar-refractivity contribution in [1.82, 2.24) is 0 Å². The van der Waals surface area contributed by atoms with Crippen molar-refractivity contribution < 1.29 is 14.3 Å². The number of hydrogen-bond donors (Lipinski definition) is 1. The zero-order valence-electron chi connectivity index (χ0n) is 11.3. The Labute approximate surface area is 113 Å². The van der Waals surface area contributed by atoms with Gasteiger partial charge in [0, 0.05) is 5.69 Å². The number of nitrogens with one attached hydrogen (secondary N) is 1. The molecule has 0 saturated heterocycles. The fourth-order valence-corrected chi connectivity index (χ4v) is 1.62. The average molecular weight is 259 g/mol. The molecule has 0 aromatic heterocycles. The second-order valence-corrected chi connectivity index (χ2v) is 4.13. The Kier molecular flexibility index (Phi) is 5.62. The molecule has 1 N–H and O–H groups in total. The minimum absolute atomic E-state index is 0.0765. The predicted octanol–water partition coefficient (Wildman–Crippen LogP) is 2.32. The van der Waals surface area contributed by atoms with E-state index < -0.39 is 0 Å². The standard InChI is InChI=1S/C15H17NO3/c1-4-5-14(17)16-13-8-6-12(7-9-13)11(2)10-15(18)19-3/h6-9,11H,10H2,1-3H3,(H,16,17). The SMILES string of the molecule is CC#CC(=O)Nc1ccc(C(C)CC(=O)OC)cc1. The van der Waals surface area contributed by atoms with Crippen molar-refractivity contribution in [3.05, 3.63) is 29.8 Å². The van der Waals surface area contributed by atoms with Gasteiger partial charge in [-0.3, -0.25) is 9.59 Å². The van der Waals surface area contributed by atoms with Crippen LogP contribution in [-0.2, 0) is 14.3 Å². The molecule has 0 heterocycles. The van der Waals surface area contributed by atoms with E-state index in [2.05, 4.69) is 21.9 Å². The van der Waals surface area contributed by atoms with Crippen LogP contribution in [0.5, 0.6) is 0 Å². The van der Waals surface area contributed by atoms with Crippen LogP contribution in [0.2, 0.25) is 0 Å². The fraction of sp³-hybridized carbons (Fsp3) is 0.333. The van der Waals surface area contributed by atoms with E-state index in [0.717, 1.165) is 5.56 Å². The Morgan fingerprint density at radius 3 is 2.47 bits per heavy atom. The summed E-state index contributed by atoms with van der Waals surface area (Å²) < 4.78 is 4.63. The van der Waals surface area contributed by atoms with Crippen LogP contribution in [0.15, 0.2) is 24.3 Å². The Hall–Kier alpha value is -2.28. The van der Waals surface area contributed by atoms with E-state index in [-0.39, 0.29) is 17.8 Å². The molecule has 0 radical (unpaired) electrons. The largest absolute Gasteiger partial charge is 0.469 e. The highest BCUT2D eigenvalue weighted by Crippen LogP contribution is 2.21. The van der Waals surface area contributed by atoms with Gasteiger partial charge in [-0.15, -0.1) is 0 Å². The monoisotopic (exact) mass is 259 g/mol. The van der Waals surface area contributed by atoms with Crippen LogP contribution in [0.4, 0.5) is 5.69 Å². The Balaban J connectivity index is 2.67. The minimum atomic E-state index is -0.335. The molecule has 0 saturated carbocycles. The lowest BCUT2D eigenvalue weighted by atomic mass is 9.98. The summed E-state index contributed by atoms with van der Waals surface area (Å²) in [5.41, 5.74) is 1.70. The second kappa shape index (κ2) is 7.22. The molecule has 0 fully saturated rings. The minimum Gasteiger partial charge on any atom is -0.469 e. The van der Waals surface area contributed by atoms with Crippen molar-refractivity contribution >= 4 is 17.6 Å². The van der Waals surface area contributed by atoms with Gasteiger partial charge in [0.25, 0.3) is 5.91 Å². The maximum absolute atomic E-state index is 11.3. The van der Waals surface area contributed by atoms with E-state index in [1.807, 2.05) is 19.1 Å². The molecule has 1 rings (SSSR count). The van der Waals surface area contributed by atoms with E-state index in [1.165, 1.54) is 7.11 Å².